The van der Waals surface area contributed by atoms with Gasteiger partial charge in [-0.05, 0) is 44.2 Å². The smallest absolute Gasteiger partial charge is 0.319 e. The summed E-state index contributed by atoms with van der Waals surface area (Å²) in [5, 5.41) is 20.5. The number of anilines is 2. The first-order valence-corrected chi connectivity index (χ1v) is 8.53. The lowest BCUT2D eigenvalue weighted by Crippen LogP contribution is -2.32. The Morgan fingerprint density at radius 2 is 1.79 bits per heavy atom. The fraction of sp³-hybridized carbons (Fsp3) is 0.222. The molecule has 0 bridgehead atoms. The van der Waals surface area contributed by atoms with Crippen LogP contribution < -0.4 is 16.0 Å². The molecule has 28 heavy (non-hydrogen) atoms. The van der Waals surface area contributed by atoms with Gasteiger partial charge in [0.15, 0.2) is 5.82 Å². The SMILES string of the molecule is Cc1cc(C)n(-c2ccc(NCCNC(=O)Nc3cc(F)cc(F)c3)nn2)n1. The molecule has 0 aliphatic heterocycles. The van der Waals surface area contributed by atoms with E-state index < -0.39 is 17.7 Å². The van der Waals surface area contributed by atoms with Crippen molar-refractivity contribution in [3.63, 3.8) is 0 Å². The summed E-state index contributed by atoms with van der Waals surface area (Å²) in [5.74, 6) is -0.380. The molecule has 1 aromatic carbocycles. The van der Waals surface area contributed by atoms with Crippen LogP contribution in [0.25, 0.3) is 5.82 Å². The number of rotatable bonds is 6. The Morgan fingerprint density at radius 1 is 1.04 bits per heavy atom. The Bertz CT molecular complexity index is 952. The first-order valence-electron chi connectivity index (χ1n) is 8.53. The number of carbonyl (C=O) groups excluding carboxylic acids is 1. The number of hydrogen-bond donors (Lipinski definition) is 3. The number of nitrogens with one attached hydrogen (secondary N) is 3. The fourth-order valence-corrected chi connectivity index (χ4v) is 2.56. The summed E-state index contributed by atoms with van der Waals surface area (Å²) in [6, 6.07) is 7.71. The molecule has 0 unspecified atom stereocenters. The average molecular weight is 387 g/mol. The maximum Gasteiger partial charge on any atom is 0.319 e. The second-order valence-electron chi connectivity index (χ2n) is 6.08. The zero-order valence-electron chi connectivity index (χ0n) is 15.3. The summed E-state index contributed by atoms with van der Waals surface area (Å²) in [5.41, 5.74) is 1.89. The molecule has 3 N–H and O–H groups in total. The number of aromatic nitrogens is 4. The van der Waals surface area contributed by atoms with Gasteiger partial charge in [0.05, 0.1) is 5.69 Å². The molecule has 2 amide bonds. The molecule has 3 rings (SSSR count). The second kappa shape index (κ2) is 8.42. The average Bonchev–Trinajstić information content (AvgIpc) is 2.96. The fourth-order valence-electron chi connectivity index (χ4n) is 2.56. The van der Waals surface area contributed by atoms with Gasteiger partial charge in [0.1, 0.15) is 17.5 Å². The minimum atomic E-state index is -0.764. The minimum absolute atomic E-state index is 0.0357. The van der Waals surface area contributed by atoms with Gasteiger partial charge in [-0.15, -0.1) is 10.2 Å². The lowest BCUT2D eigenvalue weighted by molar-refractivity contribution is 0.252. The first kappa shape index (κ1) is 19.2. The lowest BCUT2D eigenvalue weighted by atomic mass is 10.3. The van der Waals surface area contributed by atoms with Crippen molar-refractivity contribution in [1.82, 2.24) is 25.3 Å². The van der Waals surface area contributed by atoms with Crippen LogP contribution in [0.1, 0.15) is 11.4 Å². The van der Waals surface area contributed by atoms with E-state index in [0.717, 1.165) is 29.6 Å². The van der Waals surface area contributed by atoms with E-state index in [-0.39, 0.29) is 12.2 Å². The highest BCUT2D eigenvalue weighted by atomic mass is 19.1. The van der Waals surface area contributed by atoms with E-state index in [2.05, 4.69) is 31.2 Å². The quantitative estimate of drug-likeness (QED) is 0.565. The summed E-state index contributed by atoms with van der Waals surface area (Å²) in [4.78, 5) is 11.7. The van der Waals surface area contributed by atoms with Crippen LogP contribution in [0.4, 0.5) is 25.1 Å². The molecule has 8 nitrogen and oxygen atoms in total. The van der Waals surface area contributed by atoms with Crippen molar-refractivity contribution in [2.24, 2.45) is 0 Å². The Labute approximate surface area is 160 Å². The van der Waals surface area contributed by atoms with Gasteiger partial charge in [0.25, 0.3) is 0 Å². The van der Waals surface area contributed by atoms with Gasteiger partial charge in [0, 0.05) is 30.5 Å². The van der Waals surface area contributed by atoms with Gasteiger partial charge in [0.2, 0.25) is 0 Å². The summed E-state index contributed by atoms with van der Waals surface area (Å²) in [7, 11) is 0. The minimum Gasteiger partial charge on any atom is -0.367 e. The molecule has 0 fully saturated rings. The molecular weight excluding hydrogens is 368 g/mol. The highest BCUT2D eigenvalue weighted by Gasteiger charge is 2.07. The van der Waals surface area contributed by atoms with E-state index in [1.165, 1.54) is 0 Å². The van der Waals surface area contributed by atoms with Crippen molar-refractivity contribution in [3.05, 3.63) is 59.4 Å². The van der Waals surface area contributed by atoms with Crippen LogP contribution in [0.15, 0.2) is 36.4 Å². The maximum absolute atomic E-state index is 13.1. The predicted molar refractivity (Wildman–Crippen MR) is 100 cm³/mol. The van der Waals surface area contributed by atoms with Gasteiger partial charge in [-0.25, -0.2) is 18.3 Å². The highest BCUT2D eigenvalue weighted by Crippen LogP contribution is 2.12. The molecule has 0 aliphatic carbocycles. The van der Waals surface area contributed by atoms with Gasteiger partial charge in [-0.2, -0.15) is 5.10 Å². The molecule has 10 heteroatoms. The number of hydrogen-bond acceptors (Lipinski definition) is 5. The summed E-state index contributed by atoms with van der Waals surface area (Å²) in [6.07, 6.45) is 0. The van der Waals surface area contributed by atoms with Crippen LogP contribution in [0.5, 0.6) is 0 Å². The summed E-state index contributed by atoms with van der Waals surface area (Å²) >= 11 is 0. The van der Waals surface area contributed by atoms with E-state index in [9.17, 15) is 13.6 Å². The predicted octanol–water partition coefficient (Wildman–Crippen LogP) is 2.79. The van der Waals surface area contributed by atoms with Gasteiger partial charge < -0.3 is 16.0 Å². The van der Waals surface area contributed by atoms with Gasteiger partial charge in [-0.1, -0.05) is 0 Å². The second-order valence-corrected chi connectivity index (χ2v) is 6.08. The van der Waals surface area contributed by atoms with Crippen LogP contribution in [-0.2, 0) is 0 Å². The van der Waals surface area contributed by atoms with E-state index in [1.54, 1.807) is 16.8 Å². The molecule has 0 radical (unpaired) electrons. The molecule has 0 spiro atoms. The van der Waals surface area contributed by atoms with Crippen molar-refractivity contribution in [2.45, 2.75) is 13.8 Å². The Kier molecular flexibility index (Phi) is 5.78. The van der Waals surface area contributed by atoms with Crippen molar-refractivity contribution in [2.75, 3.05) is 23.7 Å². The molecule has 0 saturated heterocycles. The van der Waals surface area contributed by atoms with Crippen molar-refractivity contribution in [3.8, 4) is 5.82 Å². The zero-order chi connectivity index (χ0) is 20.1. The number of amides is 2. The molecule has 2 heterocycles. The summed E-state index contributed by atoms with van der Waals surface area (Å²) < 4.78 is 27.9. The Hall–Kier alpha value is -3.56. The third-order valence-electron chi connectivity index (χ3n) is 3.71. The zero-order valence-corrected chi connectivity index (χ0v) is 15.3. The molecule has 0 saturated carbocycles. The van der Waals surface area contributed by atoms with Crippen LogP contribution in [-0.4, -0.2) is 39.1 Å². The summed E-state index contributed by atoms with van der Waals surface area (Å²) in [6.45, 7) is 4.49. The largest absolute Gasteiger partial charge is 0.367 e. The molecule has 0 aliphatic rings. The van der Waals surface area contributed by atoms with Crippen molar-refractivity contribution < 1.29 is 13.6 Å². The number of nitrogens with zero attached hydrogens (tertiary/aromatic N) is 4. The number of urea groups is 1. The third-order valence-corrected chi connectivity index (χ3v) is 3.71. The van der Waals surface area contributed by atoms with E-state index >= 15 is 0 Å². The molecule has 3 aromatic rings. The Morgan fingerprint density at radius 3 is 2.39 bits per heavy atom. The van der Waals surface area contributed by atoms with E-state index in [1.807, 2.05) is 19.9 Å². The van der Waals surface area contributed by atoms with E-state index in [4.69, 9.17) is 0 Å². The number of carbonyl (C=O) groups is 1. The normalized spacial score (nSPS) is 10.6. The standard InChI is InChI=1S/C18H19F2N7O/c1-11-7-12(2)27(26-11)17-4-3-16(24-25-17)21-5-6-22-18(28)23-15-9-13(19)8-14(20)10-15/h3-4,7-10H,5-6H2,1-2H3,(H,21,24)(H2,22,23,28). The monoisotopic (exact) mass is 387 g/mol. The number of halogens is 2. The maximum atomic E-state index is 13.1. The number of benzene rings is 1. The molecule has 2 aromatic heterocycles. The lowest BCUT2D eigenvalue weighted by Gasteiger charge is -2.09. The van der Waals surface area contributed by atoms with Crippen molar-refractivity contribution >= 4 is 17.5 Å². The van der Waals surface area contributed by atoms with Crippen LogP contribution in [0.3, 0.4) is 0 Å². The van der Waals surface area contributed by atoms with Gasteiger partial charge in [-0.3, -0.25) is 0 Å². The van der Waals surface area contributed by atoms with Gasteiger partial charge >= 0.3 is 6.03 Å². The van der Waals surface area contributed by atoms with Crippen LogP contribution in [0.2, 0.25) is 0 Å². The third kappa shape index (κ3) is 5.00. The Balaban J connectivity index is 1.45. The molecule has 0 atom stereocenters. The number of aryl methyl sites for hydroxylation is 2. The van der Waals surface area contributed by atoms with E-state index in [0.29, 0.717) is 18.2 Å². The van der Waals surface area contributed by atoms with Crippen LogP contribution >= 0.6 is 0 Å². The highest BCUT2D eigenvalue weighted by molar-refractivity contribution is 5.89. The molecular formula is C18H19F2N7O. The van der Waals surface area contributed by atoms with Crippen LogP contribution in [0, 0.1) is 25.5 Å². The van der Waals surface area contributed by atoms with Crippen molar-refractivity contribution in [1.29, 1.82) is 0 Å². The first-order chi connectivity index (χ1) is 13.4. The molecule has 146 valence electrons. The topological polar surface area (TPSA) is 96.8 Å².